The monoisotopic (exact) mass is 402 g/mol. The molecule has 1 fully saturated rings. The van der Waals surface area contributed by atoms with Crippen molar-refractivity contribution >= 4 is 29.3 Å². The lowest BCUT2D eigenvalue weighted by Gasteiger charge is -2.15. The molecule has 0 radical (unpaired) electrons. The zero-order valence-corrected chi connectivity index (χ0v) is 15.7. The summed E-state index contributed by atoms with van der Waals surface area (Å²) in [5.41, 5.74) is 1.91. The Labute approximate surface area is 166 Å². The molecule has 2 aromatic carbocycles. The molecule has 1 N–H and O–H groups in total. The highest BCUT2D eigenvalue weighted by atomic mass is 19.3. The molecular formula is C21H20F2N2O4. The molecule has 1 heterocycles. The van der Waals surface area contributed by atoms with E-state index in [0.717, 1.165) is 24.2 Å². The van der Waals surface area contributed by atoms with Crippen LogP contribution in [0.15, 0.2) is 48.5 Å². The van der Waals surface area contributed by atoms with E-state index >= 15 is 0 Å². The quantitative estimate of drug-likeness (QED) is 0.709. The maximum absolute atomic E-state index is 12.5. The highest BCUT2D eigenvalue weighted by Crippen LogP contribution is 2.31. The molecular weight excluding hydrogens is 382 g/mol. The Kier molecular flexibility index (Phi) is 6.43. The number of nitrogens with one attached hydrogen (secondary N) is 1. The number of benzene rings is 2. The molecule has 0 atom stereocenters. The van der Waals surface area contributed by atoms with Gasteiger partial charge in [-0.2, -0.15) is 8.78 Å². The van der Waals surface area contributed by atoms with Gasteiger partial charge in [0.2, 0.25) is 11.8 Å². The normalized spacial score (nSPS) is 13.9. The Hall–Kier alpha value is -3.42. The van der Waals surface area contributed by atoms with Crippen molar-refractivity contribution in [3.63, 3.8) is 0 Å². The number of ether oxygens (including phenoxy) is 2. The minimum Gasteiger partial charge on any atom is -0.493 e. The van der Waals surface area contributed by atoms with E-state index in [-0.39, 0.29) is 17.4 Å². The van der Waals surface area contributed by atoms with Crippen molar-refractivity contribution in [2.45, 2.75) is 19.5 Å². The van der Waals surface area contributed by atoms with Gasteiger partial charge in [0.05, 0.1) is 7.11 Å². The summed E-state index contributed by atoms with van der Waals surface area (Å²) in [5.74, 6) is -0.356. The van der Waals surface area contributed by atoms with E-state index in [4.69, 9.17) is 4.74 Å². The van der Waals surface area contributed by atoms with Crippen molar-refractivity contribution in [3.05, 3.63) is 54.1 Å². The minimum absolute atomic E-state index is 0.113. The van der Waals surface area contributed by atoms with Crippen LogP contribution in [0.2, 0.25) is 0 Å². The van der Waals surface area contributed by atoms with Crippen molar-refractivity contribution < 1.29 is 27.8 Å². The Morgan fingerprint density at radius 3 is 2.55 bits per heavy atom. The SMILES string of the molecule is COc1ccc(NC(=O)/C=C/c2ccc(N3CCCC3=O)cc2)cc1OC(F)F. The first kappa shape index (κ1) is 20.3. The third kappa shape index (κ3) is 5.31. The number of nitrogens with zero attached hydrogens (tertiary/aromatic N) is 1. The molecule has 6 nitrogen and oxygen atoms in total. The van der Waals surface area contributed by atoms with Crippen LogP contribution in [0.1, 0.15) is 18.4 Å². The first-order valence-corrected chi connectivity index (χ1v) is 8.98. The fraction of sp³-hybridized carbons (Fsp3) is 0.238. The highest BCUT2D eigenvalue weighted by Gasteiger charge is 2.21. The average molecular weight is 402 g/mol. The smallest absolute Gasteiger partial charge is 0.387 e. The topological polar surface area (TPSA) is 67.9 Å². The Bertz CT molecular complexity index is 913. The molecule has 1 aliphatic rings. The molecule has 152 valence electrons. The van der Waals surface area contributed by atoms with Crippen LogP contribution in [0.3, 0.4) is 0 Å². The molecule has 8 heteroatoms. The molecule has 2 aromatic rings. The van der Waals surface area contributed by atoms with Crippen molar-refractivity contribution in [1.29, 1.82) is 0 Å². The van der Waals surface area contributed by atoms with E-state index in [0.29, 0.717) is 12.1 Å². The molecule has 3 rings (SSSR count). The number of rotatable bonds is 7. The second-order valence-corrected chi connectivity index (χ2v) is 6.31. The molecule has 1 saturated heterocycles. The van der Waals surface area contributed by atoms with Gasteiger partial charge in [-0.3, -0.25) is 9.59 Å². The van der Waals surface area contributed by atoms with Crippen molar-refractivity contribution in [2.24, 2.45) is 0 Å². The van der Waals surface area contributed by atoms with Crippen LogP contribution >= 0.6 is 0 Å². The van der Waals surface area contributed by atoms with Crippen LogP contribution in [0.4, 0.5) is 20.2 Å². The standard InChI is InChI=1S/C21H20F2N2O4/c1-28-17-10-7-15(13-18(17)29-21(22)23)24-19(26)11-6-14-4-8-16(9-5-14)25-12-2-3-20(25)27/h4-11,13,21H,2-3,12H2,1H3,(H,24,26)/b11-6+. The third-order valence-electron chi connectivity index (χ3n) is 4.35. The maximum atomic E-state index is 12.5. The lowest BCUT2D eigenvalue weighted by Crippen LogP contribution is -2.23. The number of carbonyl (C=O) groups excluding carboxylic acids is 2. The summed E-state index contributed by atoms with van der Waals surface area (Å²) in [7, 11) is 1.33. The first-order chi connectivity index (χ1) is 14.0. The van der Waals surface area contributed by atoms with E-state index in [1.165, 1.54) is 31.4 Å². The second-order valence-electron chi connectivity index (χ2n) is 6.31. The van der Waals surface area contributed by atoms with Crippen LogP contribution < -0.4 is 19.7 Å². The largest absolute Gasteiger partial charge is 0.493 e. The number of carbonyl (C=O) groups is 2. The Balaban J connectivity index is 1.63. The van der Waals surface area contributed by atoms with Crippen LogP contribution in [-0.2, 0) is 9.59 Å². The van der Waals surface area contributed by atoms with Gasteiger partial charge in [-0.25, -0.2) is 0 Å². The predicted octanol–water partition coefficient (Wildman–Crippen LogP) is 4.08. The second kappa shape index (κ2) is 9.18. The molecule has 0 aliphatic carbocycles. The number of halogens is 2. The molecule has 0 saturated carbocycles. The van der Waals surface area contributed by atoms with Gasteiger partial charge < -0.3 is 19.7 Å². The van der Waals surface area contributed by atoms with Gasteiger partial charge >= 0.3 is 6.61 Å². The van der Waals surface area contributed by atoms with Gasteiger partial charge in [-0.05, 0) is 42.3 Å². The zero-order chi connectivity index (χ0) is 20.8. The summed E-state index contributed by atoms with van der Waals surface area (Å²) in [4.78, 5) is 25.6. The van der Waals surface area contributed by atoms with Gasteiger partial charge in [-0.1, -0.05) is 12.1 Å². The number of anilines is 2. The lowest BCUT2D eigenvalue weighted by molar-refractivity contribution is -0.117. The molecule has 0 aromatic heterocycles. The fourth-order valence-corrected chi connectivity index (χ4v) is 2.98. The van der Waals surface area contributed by atoms with Crippen LogP contribution in [0.25, 0.3) is 6.08 Å². The zero-order valence-electron chi connectivity index (χ0n) is 15.7. The number of amides is 2. The van der Waals surface area contributed by atoms with Gasteiger partial charge in [-0.15, -0.1) is 0 Å². The van der Waals surface area contributed by atoms with Gasteiger partial charge in [0.25, 0.3) is 0 Å². The maximum Gasteiger partial charge on any atom is 0.387 e. The highest BCUT2D eigenvalue weighted by molar-refractivity contribution is 6.02. The molecule has 0 bridgehead atoms. The number of methoxy groups -OCH3 is 1. The van der Waals surface area contributed by atoms with Crippen LogP contribution in [0, 0.1) is 0 Å². The predicted molar refractivity (Wildman–Crippen MR) is 105 cm³/mol. The van der Waals surface area contributed by atoms with E-state index in [1.54, 1.807) is 11.0 Å². The summed E-state index contributed by atoms with van der Waals surface area (Å²) in [6.45, 7) is -2.29. The first-order valence-electron chi connectivity index (χ1n) is 8.98. The van der Waals surface area contributed by atoms with Gasteiger partial charge in [0, 0.05) is 36.5 Å². The summed E-state index contributed by atoms with van der Waals surface area (Å²) in [6, 6.07) is 11.5. The molecule has 1 aliphatic heterocycles. The Morgan fingerprint density at radius 1 is 1.17 bits per heavy atom. The third-order valence-corrected chi connectivity index (χ3v) is 4.35. The fourth-order valence-electron chi connectivity index (χ4n) is 2.98. The number of hydrogen-bond donors (Lipinski definition) is 1. The van der Waals surface area contributed by atoms with Gasteiger partial charge in [0.15, 0.2) is 11.5 Å². The van der Waals surface area contributed by atoms with Crippen LogP contribution in [0.5, 0.6) is 11.5 Å². The Morgan fingerprint density at radius 2 is 1.93 bits per heavy atom. The summed E-state index contributed by atoms with van der Waals surface area (Å²) < 4.78 is 34.3. The molecule has 0 spiro atoms. The molecule has 0 unspecified atom stereocenters. The van der Waals surface area contributed by atoms with E-state index in [1.807, 2.05) is 24.3 Å². The number of alkyl halides is 2. The average Bonchev–Trinajstić information content (AvgIpc) is 3.12. The molecule has 29 heavy (non-hydrogen) atoms. The summed E-state index contributed by atoms with van der Waals surface area (Å²) >= 11 is 0. The van der Waals surface area contributed by atoms with Crippen molar-refractivity contribution in [3.8, 4) is 11.5 Å². The van der Waals surface area contributed by atoms with Crippen molar-refractivity contribution in [2.75, 3.05) is 23.9 Å². The van der Waals surface area contributed by atoms with Crippen LogP contribution in [-0.4, -0.2) is 32.1 Å². The van der Waals surface area contributed by atoms with E-state index in [2.05, 4.69) is 10.1 Å². The van der Waals surface area contributed by atoms with E-state index < -0.39 is 12.5 Å². The number of hydrogen-bond acceptors (Lipinski definition) is 4. The van der Waals surface area contributed by atoms with Crippen molar-refractivity contribution in [1.82, 2.24) is 0 Å². The minimum atomic E-state index is -3.01. The van der Waals surface area contributed by atoms with Gasteiger partial charge in [0.1, 0.15) is 0 Å². The summed E-state index contributed by atoms with van der Waals surface area (Å²) in [6.07, 6.45) is 4.37. The summed E-state index contributed by atoms with van der Waals surface area (Å²) in [5, 5.41) is 2.58. The van der Waals surface area contributed by atoms with E-state index in [9.17, 15) is 18.4 Å². The lowest BCUT2D eigenvalue weighted by atomic mass is 10.2. The molecule has 2 amide bonds.